The van der Waals surface area contributed by atoms with E-state index in [1.807, 2.05) is 13.0 Å². The molecule has 0 saturated heterocycles. The molecule has 1 amide bonds. The van der Waals surface area contributed by atoms with Crippen molar-refractivity contribution in [3.8, 4) is 17.6 Å². The molecule has 25 heavy (non-hydrogen) atoms. The zero-order valence-electron chi connectivity index (χ0n) is 13.5. The molecule has 1 N–H and O–H groups in total. The molecule has 0 saturated carbocycles. The molecule has 0 aliphatic heterocycles. The van der Waals surface area contributed by atoms with Crippen LogP contribution in [-0.4, -0.2) is 31.7 Å². The number of amides is 1. The Balaban J connectivity index is 1.77. The SMILES string of the molecule is CCOc1ccccc1OCC(=O)OCC(=O)Nc1sccc1C#N. The number of nitrogens with one attached hydrogen (secondary N) is 1. The summed E-state index contributed by atoms with van der Waals surface area (Å²) in [6.07, 6.45) is 0. The first-order valence-electron chi connectivity index (χ1n) is 7.41. The third-order valence-electron chi connectivity index (χ3n) is 2.90. The van der Waals surface area contributed by atoms with E-state index < -0.39 is 18.5 Å². The van der Waals surface area contributed by atoms with Crippen LogP contribution in [0.5, 0.6) is 11.5 Å². The molecular weight excluding hydrogens is 344 g/mol. The highest BCUT2D eigenvalue weighted by Crippen LogP contribution is 2.26. The van der Waals surface area contributed by atoms with Gasteiger partial charge in [-0.25, -0.2) is 4.79 Å². The van der Waals surface area contributed by atoms with E-state index >= 15 is 0 Å². The molecule has 7 nitrogen and oxygen atoms in total. The van der Waals surface area contributed by atoms with Gasteiger partial charge in [0.2, 0.25) is 0 Å². The fraction of sp³-hybridized carbons (Fsp3) is 0.235. The molecule has 0 radical (unpaired) electrons. The zero-order valence-corrected chi connectivity index (χ0v) is 14.3. The number of para-hydroxylation sites is 2. The smallest absolute Gasteiger partial charge is 0.344 e. The van der Waals surface area contributed by atoms with Gasteiger partial charge in [-0.1, -0.05) is 12.1 Å². The average molecular weight is 360 g/mol. The van der Waals surface area contributed by atoms with Crippen LogP contribution in [0, 0.1) is 11.3 Å². The highest BCUT2D eigenvalue weighted by atomic mass is 32.1. The van der Waals surface area contributed by atoms with Gasteiger partial charge in [0, 0.05) is 0 Å². The van der Waals surface area contributed by atoms with E-state index in [0.717, 1.165) is 0 Å². The summed E-state index contributed by atoms with van der Waals surface area (Å²) in [5.74, 6) is -0.268. The Morgan fingerprint density at radius 3 is 2.56 bits per heavy atom. The van der Waals surface area contributed by atoms with Crippen molar-refractivity contribution in [3.63, 3.8) is 0 Å². The van der Waals surface area contributed by atoms with Gasteiger partial charge in [0.15, 0.2) is 24.7 Å². The Hall–Kier alpha value is -3.05. The number of anilines is 1. The number of carbonyl (C=O) groups excluding carboxylic acids is 2. The van der Waals surface area contributed by atoms with Crippen molar-refractivity contribution in [2.75, 3.05) is 25.1 Å². The first kappa shape index (κ1) is 18.3. The number of rotatable bonds is 8. The molecule has 0 aliphatic rings. The standard InChI is InChI=1S/C17H16N2O5S/c1-2-22-13-5-3-4-6-14(13)23-11-16(21)24-10-15(20)19-17-12(9-18)7-8-25-17/h3-8H,2,10-11H2,1H3,(H,19,20). The normalized spacial score (nSPS) is 9.76. The van der Waals surface area contributed by atoms with Crippen LogP contribution >= 0.6 is 11.3 Å². The molecule has 0 unspecified atom stereocenters. The van der Waals surface area contributed by atoms with Crippen molar-refractivity contribution in [2.45, 2.75) is 6.92 Å². The maximum atomic E-state index is 11.7. The van der Waals surface area contributed by atoms with Crippen molar-refractivity contribution in [2.24, 2.45) is 0 Å². The van der Waals surface area contributed by atoms with Crippen molar-refractivity contribution in [3.05, 3.63) is 41.3 Å². The molecule has 0 aliphatic carbocycles. The van der Waals surface area contributed by atoms with Gasteiger partial charge in [-0.05, 0) is 30.5 Å². The molecule has 2 aromatic rings. The number of hydrogen-bond donors (Lipinski definition) is 1. The molecular formula is C17H16N2O5S. The van der Waals surface area contributed by atoms with Gasteiger partial charge < -0.3 is 19.5 Å². The predicted molar refractivity (Wildman–Crippen MR) is 91.7 cm³/mol. The van der Waals surface area contributed by atoms with Crippen molar-refractivity contribution in [1.29, 1.82) is 5.26 Å². The second kappa shape index (κ2) is 9.30. The number of carbonyl (C=O) groups is 2. The molecule has 1 heterocycles. The lowest BCUT2D eigenvalue weighted by Gasteiger charge is -2.11. The zero-order chi connectivity index (χ0) is 18.1. The molecule has 1 aromatic heterocycles. The lowest BCUT2D eigenvalue weighted by molar-refractivity contribution is -0.149. The van der Waals surface area contributed by atoms with Crippen LogP contribution in [0.25, 0.3) is 0 Å². The first-order valence-corrected chi connectivity index (χ1v) is 8.29. The Labute approximate surface area is 148 Å². The number of ether oxygens (including phenoxy) is 3. The van der Waals surface area contributed by atoms with Gasteiger partial charge >= 0.3 is 5.97 Å². The molecule has 0 bridgehead atoms. The van der Waals surface area contributed by atoms with Gasteiger partial charge in [0.25, 0.3) is 5.91 Å². The van der Waals surface area contributed by atoms with Gasteiger partial charge in [-0.15, -0.1) is 11.3 Å². The third-order valence-corrected chi connectivity index (χ3v) is 3.73. The number of thiophene rings is 1. The maximum Gasteiger partial charge on any atom is 0.344 e. The van der Waals surface area contributed by atoms with Crippen LogP contribution in [-0.2, 0) is 14.3 Å². The van der Waals surface area contributed by atoms with E-state index in [0.29, 0.717) is 28.7 Å². The molecule has 1 aromatic carbocycles. The van der Waals surface area contributed by atoms with E-state index in [2.05, 4.69) is 5.32 Å². The molecule has 0 spiro atoms. The van der Waals surface area contributed by atoms with E-state index in [1.165, 1.54) is 11.3 Å². The quantitative estimate of drug-likeness (QED) is 0.727. The molecule has 0 fully saturated rings. The van der Waals surface area contributed by atoms with Crippen molar-refractivity contribution >= 4 is 28.2 Å². The van der Waals surface area contributed by atoms with Crippen molar-refractivity contribution < 1.29 is 23.8 Å². The summed E-state index contributed by atoms with van der Waals surface area (Å²) in [6, 6.07) is 10.5. The van der Waals surface area contributed by atoms with Crippen LogP contribution < -0.4 is 14.8 Å². The van der Waals surface area contributed by atoms with E-state index in [-0.39, 0.29) is 6.61 Å². The Morgan fingerprint density at radius 2 is 1.88 bits per heavy atom. The molecule has 2 rings (SSSR count). The topological polar surface area (TPSA) is 97.7 Å². The number of nitriles is 1. The summed E-state index contributed by atoms with van der Waals surface area (Å²) in [5.41, 5.74) is 0.362. The highest BCUT2D eigenvalue weighted by Gasteiger charge is 2.12. The molecule has 0 atom stereocenters. The summed E-state index contributed by atoms with van der Waals surface area (Å²) in [4.78, 5) is 23.4. The number of nitrogens with zero attached hydrogens (tertiary/aromatic N) is 1. The largest absolute Gasteiger partial charge is 0.490 e. The summed E-state index contributed by atoms with van der Waals surface area (Å²) in [7, 11) is 0. The lowest BCUT2D eigenvalue weighted by atomic mass is 10.3. The van der Waals surface area contributed by atoms with Crippen molar-refractivity contribution in [1.82, 2.24) is 0 Å². The van der Waals surface area contributed by atoms with Gasteiger partial charge in [0.1, 0.15) is 11.1 Å². The highest BCUT2D eigenvalue weighted by molar-refractivity contribution is 7.14. The average Bonchev–Trinajstić information content (AvgIpc) is 3.06. The number of benzene rings is 1. The van der Waals surface area contributed by atoms with Crippen LogP contribution in [0.4, 0.5) is 5.00 Å². The fourth-order valence-corrected chi connectivity index (χ4v) is 2.58. The summed E-state index contributed by atoms with van der Waals surface area (Å²) in [6.45, 7) is 1.51. The molecule has 8 heteroatoms. The van der Waals surface area contributed by atoms with Crippen LogP contribution in [0.2, 0.25) is 0 Å². The Kier molecular flexibility index (Phi) is 6.80. The predicted octanol–water partition coefficient (Wildman–Crippen LogP) is 2.58. The van der Waals surface area contributed by atoms with Crippen LogP contribution in [0.15, 0.2) is 35.7 Å². The second-order valence-electron chi connectivity index (χ2n) is 4.65. The van der Waals surface area contributed by atoms with E-state index in [9.17, 15) is 9.59 Å². The van der Waals surface area contributed by atoms with Gasteiger partial charge in [-0.3, -0.25) is 4.79 Å². The minimum Gasteiger partial charge on any atom is -0.490 e. The van der Waals surface area contributed by atoms with E-state index in [1.54, 1.807) is 35.7 Å². The van der Waals surface area contributed by atoms with Crippen LogP contribution in [0.3, 0.4) is 0 Å². The monoisotopic (exact) mass is 360 g/mol. The first-order chi connectivity index (χ1) is 12.1. The Morgan fingerprint density at radius 1 is 1.16 bits per heavy atom. The van der Waals surface area contributed by atoms with Gasteiger partial charge in [0.05, 0.1) is 12.2 Å². The minimum absolute atomic E-state index is 0.347. The summed E-state index contributed by atoms with van der Waals surface area (Å²) >= 11 is 1.22. The second-order valence-corrected chi connectivity index (χ2v) is 5.57. The third kappa shape index (κ3) is 5.51. The Bertz CT molecular complexity index is 781. The maximum absolute atomic E-state index is 11.7. The van der Waals surface area contributed by atoms with Crippen LogP contribution in [0.1, 0.15) is 12.5 Å². The lowest BCUT2D eigenvalue weighted by Crippen LogP contribution is -2.23. The van der Waals surface area contributed by atoms with Gasteiger partial charge in [-0.2, -0.15) is 5.26 Å². The summed E-state index contributed by atoms with van der Waals surface area (Å²) < 4.78 is 15.6. The fourth-order valence-electron chi connectivity index (χ4n) is 1.83. The summed E-state index contributed by atoms with van der Waals surface area (Å²) in [5, 5.41) is 13.5. The molecule has 130 valence electrons. The number of esters is 1. The number of hydrogen-bond acceptors (Lipinski definition) is 7. The minimum atomic E-state index is -0.687. The van der Waals surface area contributed by atoms with E-state index in [4.69, 9.17) is 19.5 Å².